The fourth-order valence-corrected chi connectivity index (χ4v) is 2.54. The van der Waals surface area contributed by atoms with Crippen LogP contribution >= 0.6 is 0 Å². The SMILES string of the molecule is COCCN(CCOC)C(=O)/C(=C\c1ccccc1)NC(=O)c1ccccc1. The number of nitrogens with zero attached hydrogens (tertiary/aromatic N) is 1. The Labute approximate surface area is 165 Å². The molecule has 0 aliphatic rings. The van der Waals surface area contributed by atoms with Crippen LogP contribution in [0.25, 0.3) is 6.08 Å². The summed E-state index contributed by atoms with van der Waals surface area (Å²) in [5.41, 5.74) is 1.50. The Kier molecular flexibility index (Phi) is 8.91. The first kappa shape index (κ1) is 21.3. The number of methoxy groups -OCH3 is 2. The summed E-state index contributed by atoms with van der Waals surface area (Å²) in [4.78, 5) is 27.4. The number of carbonyl (C=O) groups excluding carboxylic acids is 2. The highest BCUT2D eigenvalue weighted by molar-refractivity contribution is 6.05. The molecule has 6 nitrogen and oxygen atoms in total. The maximum Gasteiger partial charge on any atom is 0.270 e. The van der Waals surface area contributed by atoms with E-state index in [1.165, 1.54) is 0 Å². The molecule has 2 aromatic rings. The van der Waals surface area contributed by atoms with Gasteiger partial charge in [-0.05, 0) is 23.8 Å². The first-order valence-corrected chi connectivity index (χ1v) is 9.06. The van der Waals surface area contributed by atoms with Crippen LogP contribution in [0.5, 0.6) is 0 Å². The molecule has 0 aliphatic carbocycles. The van der Waals surface area contributed by atoms with Crippen LogP contribution in [-0.2, 0) is 14.3 Å². The molecule has 0 saturated heterocycles. The molecule has 0 radical (unpaired) electrons. The van der Waals surface area contributed by atoms with Gasteiger partial charge in [-0.3, -0.25) is 9.59 Å². The highest BCUT2D eigenvalue weighted by Gasteiger charge is 2.20. The highest BCUT2D eigenvalue weighted by Crippen LogP contribution is 2.10. The Morgan fingerprint density at radius 1 is 0.893 bits per heavy atom. The maximum atomic E-state index is 13.2. The van der Waals surface area contributed by atoms with E-state index in [-0.39, 0.29) is 17.5 Å². The standard InChI is InChI=1S/C22H26N2O4/c1-27-15-13-24(14-16-28-2)22(26)20(17-18-9-5-3-6-10-18)23-21(25)19-11-7-4-8-12-19/h3-12,17H,13-16H2,1-2H3,(H,23,25)/b20-17+. The van der Waals surface area contributed by atoms with Crippen molar-refractivity contribution in [3.8, 4) is 0 Å². The molecule has 0 spiro atoms. The van der Waals surface area contributed by atoms with Gasteiger partial charge in [-0.25, -0.2) is 0 Å². The van der Waals surface area contributed by atoms with Crippen LogP contribution in [-0.4, -0.2) is 57.2 Å². The van der Waals surface area contributed by atoms with Gasteiger partial charge in [0.2, 0.25) is 0 Å². The van der Waals surface area contributed by atoms with Gasteiger partial charge in [-0.15, -0.1) is 0 Å². The van der Waals surface area contributed by atoms with Gasteiger partial charge in [0.15, 0.2) is 0 Å². The fourth-order valence-electron chi connectivity index (χ4n) is 2.54. The molecule has 0 aromatic heterocycles. The van der Waals surface area contributed by atoms with Crippen LogP contribution in [0.1, 0.15) is 15.9 Å². The van der Waals surface area contributed by atoms with Crippen LogP contribution in [0, 0.1) is 0 Å². The molecule has 0 heterocycles. The van der Waals surface area contributed by atoms with Crippen LogP contribution in [0.2, 0.25) is 0 Å². The molecule has 1 N–H and O–H groups in total. The van der Waals surface area contributed by atoms with Gasteiger partial charge in [0.25, 0.3) is 11.8 Å². The first-order valence-electron chi connectivity index (χ1n) is 9.06. The Bertz CT molecular complexity index is 768. The Morgan fingerprint density at radius 3 is 1.96 bits per heavy atom. The topological polar surface area (TPSA) is 67.9 Å². The zero-order valence-corrected chi connectivity index (χ0v) is 16.3. The summed E-state index contributed by atoms with van der Waals surface area (Å²) in [6.07, 6.45) is 1.68. The second-order valence-corrected chi connectivity index (χ2v) is 6.07. The highest BCUT2D eigenvalue weighted by atomic mass is 16.5. The van der Waals surface area contributed by atoms with Crippen LogP contribution in [0.4, 0.5) is 0 Å². The van der Waals surface area contributed by atoms with Crippen molar-refractivity contribution in [2.45, 2.75) is 0 Å². The lowest BCUT2D eigenvalue weighted by Crippen LogP contribution is -2.41. The number of carbonyl (C=O) groups is 2. The number of ether oxygens (including phenoxy) is 2. The average Bonchev–Trinajstić information content (AvgIpc) is 2.74. The van der Waals surface area contributed by atoms with Gasteiger partial charge in [0.05, 0.1) is 13.2 Å². The summed E-state index contributed by atoms with van der Waals surface area (Å²) in [5.74, 6) is -0.628. The number of amides is 2. The zero-order chi connectivity index (χ0) is 20.2. The molecule has 6 heteroatoms. The van der Waals surface area contributed by atoms with Crippen molar-refractivity contribution in [2.24, 2.45) is 0 Å². The van der Waals surface area contributed by atoms with Gasteiger partial charge in [0, 0.05) is 32.9 Å². The molecular formula is C22H26N2O4. The molecular weight excluding hydrogens is 356 g/mol. The lowest BCUT2D eigenvalue weighted by Gasteiger charge is -2.23. The van der Waals surface area contributed by atoms with Crippen LogP contribution in [0.15, 0.2) is 66.4 Å². The molecule has 0 fully saturated rings. The Morgan fingerprint density at radius 2 is 1.43 bits per heavy atom. The Hall–Kier alpha value is -2.96. The largest absolute Gasteiger partial charge is 0.383 e. The van der Waals surface area contributed by atoms with E-state index in [9.17, 15) is 9.59 Å². The lowest BCUT2D eigenvalue weighted by molar-refractivity contribution is -0.128. The predicted molar refractivity (Wildman–Crippen MR) is 109 cm³/mol. The first-order chi connectivity index (χ1) is 13.7. The van der Waals surface area contributed by atoms with Crippen molar-refractivity contribution in [2.75, 3.05) is 40.5 Å². The minimum atomic E-state index is -0.338. The summed E-state index contributed by atoms with van der Waals surface area (Å²) in [6.45, 7) is 1.57. The van der Waals surface area contributed by atoms with Gasteiger partial charge in [0.1, 0.15) is 5.70 Å². The minimum Gasteiger partial charge on any atom is -0.383 e. The molecule has 0 unspecified atom stereocenters. The van der Waals surface area contributed by atoms with Crippen molar-refractivity contribution in [3.63, 3.8) is 0 Å². The van der Waals surface area contributed by atoms with Crippen molar-refractivity contribution >= 4 is 17.9 Å². The second-order valence-electron chi connectivity index (χ2n) is 6.07. The number of benzene rings is 2. The molecule has 2 amide bonds. The number of rotatable bonds is 10. The Balaban J connectivity index is 2.29. The van der Waals surface area contributed by atoms with E-state index in [0.29, 0.717) is 31.9 Å². The summed E-state index contributed by atoms with van der Waals surface area (Å²) < 4.78 is 10.2. The molecule has 2 aromatic carbocycles. The third-order valence-corrected chi connectivity index (χ3v) is 4.04. The molecule has 0 aliphatic heterocycles. The van der Waals surface area contributed by atoms with E-state index in [0.717, 1.165) is 5.56 Å². The smallest absolute Gasteiger partial charge is 0.270 e. The molecule has 28 heavy (non-hydrogen) atoms. The molecule has 0 saturated carbocycles. The van der Waals surface area contributed by atoms with E-state index in [1.54, 1.807) is 49.5 Å². The van der Waals surface area contributed by atoms with Crippen molar-refractivity contribution in [3.05, 3.63) is 77.5 Å². The van der Waals surface area contributed by atoms with E-state index >= 15 is 0 Å². The molecule has 0 bridgehead atoms. The van der Waals surface area contributed by atoms with E-state index in [2.05, 4.69) is 5.32 Å². The molecule has 0 atom stereocenters. The zero-order valence-electron chi connectivity index (χ0n) is 16.3. The van der Waals surface area contributed by atoms with Gasteiger partial charge < -0.3 is 19.7 Å². The van der Waals surface area contributed by atoms with Gasteiger partial charge >= 0.3 is 0 Å². The van der Waals surface area contributed by atoms with Crippen molar-refractivity contribution < 1.29 is 19.1 Å². The fraction of sp³-hybridized carbons (Fsp3) is 0.273. The van der Waals surface area contributed by atoms with Gasteiger partial charge in [-0.1, -0.05) is 48.5 Å². The summed E-state index contributed by atoms with van der Waals surface area (Å²) >= 11 is 0. The second kappa shape index (κ2) is 11.7. The van der Waals surface area contributed by atoms with Crippen molar-refractivity contribution in [1.29, 1.82) is 0 Å². The molecule has 148 valence electrons. The van der Waals surface area contributed by atoms with Crippen molar-refractivity contribution in [1.82, 2.24) is 10.2 Å². The predicted octanol–water partition coefficient (Wildman–Crippen LogP) is 2.58. The van der Waals surface area contributed by atoms with Crippen LogP contribution in [0.3, 0.4) is 0 Å². The number of nitrogens with one attached hydrogen (secondary N) is 1. The molecule has 2 rings (SSSR count). The van der Waals surface area contributed by atoms with E-state index in [4.69, 9.17) is 9.47 Å². The lowest BCUT2D eigenvalue weighted by atomic mass is 10.1. The summed E-state index contributed by atoms with van der Waals surface area (Å²) in [5, 5.41) is 2.76. The van der Waals surface area contributed by atoms with Gasteiger partial charge in [-0.2, -0.15) is 0 Å². The van der Waals surface area contributed by atoms with E-state index < -0.39 is 0 Å². The average molecular weight is 382 g/mol. The summed E-state index contributed by atoms with van der Waals surface area (Å²) in [7, 11) is 3.16. The number of hydrogen-bond donors (Lipinski definition) is 1. The summed E-state index contributed by atoms with van der Waals surface area (Å²) in [6, 6.07) is 18.2. The number of hydrogen-bond acceptors (Lipinski definition) is 4. The van der Waals surface area contributed by atoms with E-state index in [1.807, 2.05) is 36.4 Å². The third kappa shape index (κ3) is 6.64. The normalized spacial score (nSPS) is 11.1. The monoisotopic (exact) mass is 382 g/mol. The maximum absolute atomic E-state index is 13.2. The third-order valence-electron chi connectivity index (χ3n) is 4.04. The minimum absolute atomic E-state index is 0.201. The quantitative estimate of drug-likeness (QED) is 0.642. The van der Waals surface area contributed by atoms with Crippen LogP contribution < -0.4 is 5.32 Å².